The summed E-state index contributed by atoms with van der Waals surface area (Å²) in [6.45, 7) is 3.97. The van der Waals surface area contributed by atoms with Gasteiger partial charge in [-0.2, -0.15) is 5.10 Å². The topological polar surface area (TPSA) is 89.2 Å². The maximum Gasteiger partial charge on any atom is 0.282 e. The van der Waals surface area contributed by atoms with Crippen molar-refractivity contribution in [2.24, 2.45) is 0 Å². The molecule has 0 bridgehead atoms. The molecular weight excluding hydrogens is 414 g/mol. The minimum atomic E-state index is -0.138. The van der Waals surface area contributed by atoms with Crippen molar-refractivity contribution in [2.75, 3.05) is 32.7 Å². The van der Waals surface area contributed by atoms with E-state index in [0.29, 0.717) is 37.0 Å². The number of fused-ring (bicyclic) bond motifs is 1. The third-order valence-electron chi connectivity index (χ3n) is 5.36. The largest absolute Gasteiger partial charge is 0.334 e. The Labute approximate surface area is 182 Å². The van der Waals surface area contributed by atoms with Crippen molar-refractivity contribution in [2.45, 2.75) is 6.54 Å². The molecule has 1 aliphatic rings. The molecule has 4 heterocycles. The van der Waals surface area contributed by atoms with Crippen LogP contribution in [0.25, 0.3) is 16.0 Å². The monoisotopic (exact) mass is 435 g/mol. The molecule has 4 aromatic rings. The number of amides is 1. The van der Waals surface area contributed by atoms with Crippen LogP contribution in [0.1, 0.15) is 9.80 Å². The zero-order valence-electron chi connectivity index (χ0n) is 16.8. The minimum Gasteiger partial charge on any atom is -0.334 e. The van der Waals surface area contributed by atoms with Crippen molar-refractivity contribution in [3.63, 3.8) is 0 Å². The zero-order valence-corrected chi connectivity index (χ0v) is 17.6. The average molecular weight is 436 g/mol. The highest BCUT2D eigenvalue weighted by atomic mass is 32.1. The van der Waals surface area contributed by atoms with E-state index in [1.807, 2.05) is 35.2 Å². The highest BCUT2D eigenvalue weighted by Crippen LogP contribution is 2.23. The van der Waals surface area contributed by atoms with Gasteiger partial charge >= 0.3 is 0 Å². The lowest BCUT2D eigenvalue weighted by Crippen LogP contribution is -2.49. The van der Waals surface area contributed by atoms with E-state index in [1.165, 1.54) is 22.1 Å². The van der Waals surface area contributed by atoms with Crippen molar-refractivity contribution < 1.29 is 4.79 Å². The first-order valence-electron chi connectivity index (χ1n) is 10.1. The number of aromatic nitrogens is 5. The molecule has 1 fully saturated rings. The normalized spacial score (nSPS) is 14.9. The van der Waals surface area contributed by atoms with Gasteiger partial charge in [0.1, 0.15) is 0 Å². The van der Waals surface area contributed by atoms with Crippen LogP contribution >= 0.6 is 11.3 Å². The standard InChI is InChI=1S/C21H21N7O2S/c29-19-7-6-18(27-9-3-8-22-27)24-28(19)15-12-25-10-13-26(14-11-25)21(30)20-23-16-4-1-2-5-17(16)31-20/h1-9H,10-15H2. The molecule has 0 saturated carbocycles. The van der Waals surface area contributed by atoms with Crippen LogP contribution < -0.4 is 5.56 Å². The second-order valence-corrected chi connectivity index (χ2v) is 8.35. The minimum absolute atomic E-state index is 0.00865. The molecule has 1 saturated heterocycles. The number of thiazole rings is 1. The van der Waals surface area contributed by atoms with E-state index >= 15 is 0 Å². The van der Waals surface area contributed by atoms with E-state index in [4.69, 9.17) is 0 Å². The lowest BCUT2D eigenvalue weighted by atomic mass is 10.3. The van der Waals surface area contributed by atoms with Gasteiger partial charge in [0, 0.05) is 51.2 Å². The predicted octanol–water partition coefficient (Wildman–Crippen LogP) is 1.50. The van der Waals surface area contributed by atoms with Crippen LogP contribution in [-0.4, -0.2) is 73.0 Å². The summed E-state index contributed by atoms with van der Waals surface area (Å²) >= 11 is 1.44. The number of para-hydroxylation sites is 1. The van der Waals surface area contributed by atoms with Crippen molar-refractivity contribution >= 4 is 27.5 Å². The SMILES string of the molecule is O=C(c1nc2ccccc2s1)N1CCN(CCn2nc(-n3cccn3)ccc2=O)CC1. The molecule has 0 unspecified atom stereocenters. The molecule has 1 amide bonds. The summed E-state index contributed by atoms with van der Waals surface area (Å²) in [5.41, 5.74) is 0.727. The van der Waals surface area contributed by atoms with Crippen molar-refractivity contribution in [1.82, 2.24) is 34.3 Å². The van der Waals surface area contributed by atoms with Crippen molar-refractivity contribution in [3.05, 3.63) is 70.2 Å². The van der Waals surface area contributed by atoms with Crippen LogP contribution in [0.4, 0.5) is 0 Å². The van der Waals surface area contributed by atoms with Gasteiger partial charge in [-0.3, -0.25) is 14.5 Å². The smallest absolute Gasteiger partial charge is 0.282 e. The fraction of sp³-hybridized carbons (Fsp3) is 0.286. The van der Waals surface area contributed by atoms with Crippen LogP contribution in [0, 0.1) is 0 Å². The van der Waals surface area contributed by atoms with Gasteiger partial charge in [-0.25, -0.2) is 14.3 Å². The van der Waals surface area contributed by atoms with Gasteiger partial charge in [0.25, 0.3) is 11.5 Å². The molecule has 1 aromatic carbocycles. The number of carbonyl (C=O) groups is 1. The highest BCUT2D eigenvalue weighted by Gasteiger charge is 2.24. The lowest BCUT2D eigenvalue weighted by molar-refractivity contribution is 0.0631. The Morgan fingerprint density at radius 1 is 1.00 bits per heavy atom. The Morgan fingerprint density at radius 2 is 1.84 bits per heavy atom. The summed E-state index contributed by atoms with van der Waals surface area (Å²) in [6, 6.07) is 12.8. The summed E-state index contributed by atoms with van der Waals surface area (Å²) in [5.74, 6) is 0.599. The maximum absolute atomic E-state index is 12.8. The van der Waals surface area contributed by atoms with E-state index in [1.54, 1.807) is 23.1 Å². The highest BCUT2D eigenvalue weighted by molar-refractivity contribution is 7.20. The van der Waals surface area contributed by atoms with Gasteiger partial charge in [0.15, 0.2) is 10.8 Å². The quantitative estimate of drug-likeness (QED) is 0.472. The molecule has 0 aliphatic carbocycles. The number of rotatable bonds is 5. The molecule has 1 aliphatic heterocycles. The summed E-state index contributed by atoms with van der Waals surface area (Å²) in [4.78, 5) is 33.6. The molecule has 0 spiro atoms. The average Bonchev–Trinajstić information content (AvgIpc) is 3.48. The Morgan fingerprint density at radius 3 is 2.61 bits per heavy atom. The number of piperazine rings is 1. The van der Waals surface area contributed by atoms with Crippen LogP contribution in [0.3, 0.4) is 0 Å². The summed E-state index contributed by atoms with van der Waals surface area (Å²) in [7, 11) is 0. The van der Waals surface area contributed by atoms with Crippen LogP contribution in [0.2, 0.25) is 0 Å². The number of hydrogen-bond acceptors (Lipinski definition) is 7. The Bertz CT molecular complexity index is 1220. The van der Waals surface area contributed by atoms with E-state index in [9.17, 15) is 9.59 Å². The third kappa shape index (κ3) is 4.12. The van der Waals surface area contributed by atoms with Crippen LogP contribution in [0.15, 0.2) is 59.7 Å². The van der Waals surface area contributed by atoms with Crippen molar-refractivity contribution in [1.29, 1.82) is 0 Å². The first-order valence-corrected chi connectivity index (χ1v) is 10.9. The van der Waals surface area contributed by atoms with E-state index < -0.39 is 0 Å². The summed E-state index contributed by atoms with van der Waals surface area (Å²) in [5, 5.41) is 9.11. The van der Waals surface area contributed by atoms with Gasteiger partial charge in [-0.05, 0) is 24.3 Å². The number of benzene rings is 1. The first kappa shape index (κ1) is 19.6. The van der Waals surface area contributed by atoms with Gasteiger partial charge in [-0.15, -0.1) is 16.4 Å². The first-order chi connectivity index (χ1) is 15.2. The molecular formula is C21H21N7O2S. The fourth-order valence-electron chi connectivity index (χ4n) is 3.63. The molecule has 0 N–H and O–H groups in total. The van der Waals surface area contributed by atoms with Gasteiger partial charge in [-0.1, -0.05) is 12.1 Å². The number of hydrogen-bond donors (Lipinski definition) is 0. The molecule has 158 valence electrons. The maximum atomic E-state index is 12.8. The van der Waals surface area contributed by atoms with Crippen LogP contribution in [0.5, 0.6) is 0 Å². The third-order valence-corrected chi connectivity index (χ3v) is 6.38. The lowest BCUT2D eigenvalue weighted by Gasteiger charge is -2.34. The van der Waals surface area contributed by atoms with Gasteiger partial charge in [0.2, 0.25) is 0 Å². The fourth-order valence-corrected chi connectivity index (χ4v) is 4.57. The summed E-state index contributed by atoms with van der Waals surface area (Å²) in [6.07, 6.45) is 3.46. The van der Waals surface area contributed by atoms with Crippen molar-refractivity contribution in [3.8, 4) is 5.82 Å². The zero-order chi connectivity index (χ0) is 21.2. The molecule has 3 aromatic heterocycles. The second-order valence-electron chi connectivity index (χ2n) is 7.32. The molecule has 10 heteroatoms. The van der Waals surface area contributed by atoms with Gasteiger partial charge < -0.3 is 4.90 Å². The number of nitrogens with zero attached hydrogens (tertiary/aromatic N) is 7. The van der Waals surface area contributed by atoms with Crippen LogP contribution in [-0.2, 0) is 6.54 Å². The second kappa shape index (κ2) is 8.40. The van der Waals surface area contributed by atoms with E-state index in [0.717, 1.165) is 23.3 Å². The predicted molar refractivity (Wildman–Crippen MR) is 118 cm³/mol. The molecule has 31 heavy (non-hydrogen) atoms. The summed E-state index contributed by atoms with van der Waals surface area (Å²) < 4.78 is 4.12. The van der Waals surface area contributed by atoms with E-state index in [2.05, 4.69) is 20.1 Å². The molecule has 0 atom stereocenters. The Kier molecular flexibility index (Phi) is 5.31. The molecule has 9 nitrogen and oxygen atoms in total. The van der Waals surface area contributed by atoms with E-state index in [-0.39, 0.29) is 11.5 Å². The number of carbonyl (C=O) groups excluding carboxylic acids is 1. The van der Waals surface area contributed by atoms with Gasteiger partial charge in [0.05, 0.1) is 16.8 Å². The Hall–Kier alpha value is -3.37. The molecule has 0 radical (unpaired) electrons. The Balaban J connectivity index is 1.18. The molecule has 5 rings (SSSR count).